The van der Waals surface area contributed by atoms with Crippen LogP contribution in [0.1, 0.15) is 27.3 Å². The van der Waals surface area contributed by atoms with Crippen LogP contribution in [0.25, 0.3) is 5.69 Å². The highest BCUT2D eigenvalue weighted by Gasteiger charge is 2.49. The summed E-state index contributed by atoms with van der Waals surface area (Å²) in [7, 11) is -4.41. The topological polar surface area (TPSA) is 85.2 Å². The monoisotopic (exact) mass is 452 g/mol. The Bertz CT molecular complexity index is 1220. The molecule has 0 aliphatic heterocycles. The number of sulfone groups is 1. The van der Waals surface area contributed by atoms with Crippen LogP contribution >= 0.6 is 0 Å². The van der Waals surface area contributed by atoms with Crippen molar-refractivity contribution in [3.63, 3.8) is 0 Å². The average Bonchev–Trinajstić information content (AvgIpc) is 3.01. The zero-order chi connectivity index (χ0) is 23.0. The predicted molar refractivity (Wildman–Crippen MR) is 106 cm³/mol. The summed E-state index contributed by atoms with van der Waals surface area (Å²) in [4.78, 5) is 17.3. The SMILES string of the molecule is Cc1nn(-c2ccccc2)c(C)c1CN(C)C(=O)c1cccnc1S(=O)(=O)C(F)(F)F. The van der Waals surface area contributed by atoms with E-state index in [1.54, 1.807) is 11.6 Å². The quantitative estimate of drug-likeness (QED) is 0.592. The van der Waals surface area contributed by atoms with Crippen LogP contribution < -0.4 is 0 Å². The van der Waals surface area contributed by atoms with E-state index in [-0.39, 0.29) is 6.54 Å². The van der Waals surface area contributed by atoms with Crippen molar-refractivity contribution in [1.29, 1.82) is 0 Å². The number of halogens is 3. The van der Waals surface area contributed by atoms with E-state index in [2.05, 4.69) is 10.1 Å². The Morgan fingerprint density at radius 2 is 1.74 bits per heavy atom. The van der Waals surface area contributed by atoms with E-state index in [9.17, 15) is 26.4 Å². The predicted octanol–water partition coefficient (Wildman–Crippen LogP) is 3.45. The Kier molecular flexibility index (Phi) is 5.90. The molecule has 0 fully saturated rings. The van der Waals surface area contributed by atoms with E-state index >= 15 is 0 Å². The van der Waals surface area contributed by atoms with Crippen LogP contribution in [0, 0.1) is 13.8 Å². The minimum Gasteiger partial charge on any atom is -0.337 e. The van der Waals surface area contributed by atoms with Crippen LogP contribution in [0.15, 0.2) is 53.7 Å². The first-order chi connectivity index (χ1) is 14.4. The molecule has 0 aliphatic carbocycles. The molecule has 1 aromatic carbocycles. The second-order valence-electron chi connectivity index (χ2n) is 6.86. The highest BCUT2D eigenvalue weighted by molar-refractivity contribution is 7.92. The molecule has 3 rings (SSSR count). The van der Waals surface area contributed by atoms with Crippen molar-refractivity contribution in [2.24, 2.45) is 0 Å². The lowest BCUT2D eigenvalue weighted by Gasteiger charge is -2.19. The van der Waals surface area contributed by atoms with Crippen LogP contribution in [-0.2, 0) is 16.4 Å². The molecule has 0 aliphatic rings. The summed E-state index contributed by atoms with van der Waals surface area (Å²) in [5.74, 6) is -0.901. The zero-order valence-corrected chi connectivity index (χ0v) is 17.7. The fourth-order valence-electron chi connectivity index (χ4n) is 3.12. The van der Waals surface area contributed by atoms with Gasteiger partial charge in [-0.15, -0.1) is 0 Å². The standard InChI is InChI=1S/C20H19F3N4O3S/c1-13-17(14(2)27(25-13)15-8-5-4-6-9-15)12-26(3)19(28)16-10-7-11-24-18(16)31(29,30)20(21,22)23/h4-11H,12H2,1-3H3. The van der Waals surface area contributed by atoms with Gasteiger partial charge in [0.05, 0.1) is 16.9 Å². The molecule has 0 spiro atoms. The molecule has 2 heterocycles. The molecule has 164 valence electrons. The average molecular weight is 452 g/mol. The molecule has 0 saturated heterocycles. The van der Waals surface area contributed by atoms with Crippen LogP contribution in [0.3, 0.4) is 0 Å². The number of rotatable bonds is 5. The van der Waals surface area contributed by atoms with Gasteiger partial charge in [-0.05, 0) is 38.1 Å². The van der Waals surface area contributed by atoms with Gasteiger partial charge in [0.1, 0.15) is 0 Å². The molecule has 7 nitrogen and oxygen atoms in total. The number of hydrogen-bond donors (Lipinski definition) is 0. The fraction of sp³-hybridized carbons (Fsp3) is 0.250. The number of para-hydroxylation sites is 1. The number of amides is 1. The van der Waals surface area contributed by atoms with Gasteiger partial charge >= 0.3 is 5.51 Å². The maximum absolute atomic E-state index is 13.0. The van der Waals surface area contributed by atoms with Gasteiger partial charge in [0.2, 0.25) is 0 Å². The van der Waals surface area contributed by atoms with Gasteiger partial charge in [0.25, 0.3) is 15.7 Å². The van der Waals surface area contributed by atoms with Crippen LogP contribution in [-0.4, -0.2) is 46.5 Å². The number of benzene rings is 1. The largest absolute Gasteiger partial charge is 0.503 e. The van der Waals surface area contributed by atoms with Crippen molar-refractivity contribution in [1.82, 2.24) is 19.7 Å². The minimum atomic E-state index is -5.78. The lowest BCUT2D eigenvalue weighted by molar-refractivity contribution is -0.0438. The van der Waals surface area contributed by atoms with E-state index in [1.165, 1.54) is 13.1 Å². The highest BCUT2D eigenvalue weighted by Crippen LogP contribution is 2.31. The van der Waals surface area contributed by atoms with Gasteiger partial charge in [0, 0.05) is 31.0 Å². The second kappa shape index (κ2) is 8.14. The number of carbonyl (C=O) groups is 1. The number of nitrogens with zero attached hydrogens (tertiary/aromatic N) is 4. The van der Waals surface area contributed by atoms with E-state index in [0.717, 1.165) is 28.5 Å². The van der Waals surface area contributed by atoms with Crippen molar-refractivity contribution in [2.45, 2.75) is 30.9 Å². The van der Waals surface area contributed by atoms with Crippen molar-refractivity contribution in [3.05, 3.63) is 71.2 Å². The Labute approximate surface area is 177 Å². The summed E-state index contributed by atoms with van der Waals surface area (Å²) < 4.78 is 64.5. The molecule has 0 atom stereocenters. The van der Waals surface area contributed by atoms with E-state index < -0.39 is 31.8 Å². The van der Waals surface area contributed by atoms with Gasteiger partial charge in [0.15, 0.2) is 5.03 Å². The first kappa shape index (κ1) is 22.5. The first-order valence-electron chi connectivity index (χ1n) is 9.07. The summed E-state index contributed by atoms with van der Waals surface area (Å²) >= 11 is 0. The second-order valence-corrected chi connectivity index (χ2v) is 8.72. The maximum Gasteiger partial charge on any atom is 0.503 e. The molecule has 0 radical (unpaired) electrons. The van der Waals surface area contributed by atoms with Gasteiger partial charge in [-0.1, -0.05) is 18.2 Å². The molecule has 0 unspecified atom stereocenters. The lowest BCUT2D eigenvalue weighted by Crippen LogP contribution is -2.31. The smallest absolute Gasteiger partial charge is 0.337 e. The van der Waals surface area contributed by atoms with Crippen LogP contribution in [0.2, 0.25) is 0 Å². The Balaban J connectivity index is 1.94. The molecule has 2 aromatic heterocycles. The molecular formula is C20H19F3N4O3S. The normalized spacial score (nSPS) is 12.1. The number of alkyl halides is 3. The van der Waals surface area contributed by atoms with Crippen molar-refractivity contribution in [3.8, 4) is 5.69 Å². The van der Waals surface area contributed by atoms with Gasteiger partial charge in [-0.2, -0.15) is 18.3 Å². The molecule has 3 aromatic rings. The van der Waals surface area contributed by atoms with E-state index in [4.69, 9.17) is 0 Å². The zero-order valence-electron chi connectivity index (χ0n) is 16.9. The number of hydrogen-bond acceptors (Lipinski definition) is 5. The number of aromatic nitrogens is 3. The van der Waals surface area contributed by atoms with E-state index in [1.807, 2.05) is 37.3 Å². The number of aryl methyl sites for hydroxylation is 1. The maximum atomic E-state index is 13.0. The van der Waals surface area contributed by atoms with Gasteiger partial charge in [-0.3, -0.25) is 4.79 Å². The molecule has 0 saturated carbocycles. The third kappa shape index (κ3) is 4.18. The van der Waals surface area contributed by atoms with Crippen molar-refractivity contribution >= 4 is 15.7 Å². The number of pyridine rings is 1. The summed E-state index contributed by atoms with van der Waals surface area (Å²) in [5.41, 5.74) is -3.32. The van der Waals surface area contributed by atoms with Crippen molar-refractivity contribution < 1.29 is 26.4 Å². The number of carbonyl (C=O) groups excluding carboxylic acids is 1. The highest BCUT2D eigenvalue weighted by atomic mass is 32.2. The summed E-state index contributed by atoms with van der Waals surface area (Å²) in [6.07, 6.45) is 0.896. The van der Waals surface area contributed by atoms with Crippen LogP contribution in [0.4, 0.5) is 13.2 Å². The summed E-state index contributed by atoms with van der Waals surface area (Å²) in [6.45, 7) is 3.58. The van der Waals surface area contributed by atoms with Gasteiger partial charge < -0.3 is 4.90 Å². The molecule has 0 bridgehead atoms. The summed E-state index contributed by atoms with van der Waals surface area (Å²) in [6, 6.07) is 11.5. The lowest BCUT2D eigenvalue weighted by atomic mass is 10.1. The summed E-state index contributed by atoms with van der Waals surface area (Å²) in [5, 5.41) is 3.16. The van der Waals surface area contributed by atoms with E-state index in [0.29, 0.717) is 11.3 Å². The Hall–Kier alpha value is -3.21. The van der Waals surface area contributed by atoms with Crippen LogP contribution in [0.5, 0.6) is 0 Å². The molecular weight excluding hydrogens is 433 g/mol. The minimum absolute atomic E-state index is 0.0176. The third-order valence-corrected chi connectivity index (χ3v) is 6.19. The fourth-order valence-corrected chi connectivity index (χ4v) is 3.98. The van der Waals surface area contributed by atoms with Gasteiger partial charge in [-0.25, -0.2) is 18.1 Å². The third-order valence-electron chi connectivity index (χ3n) is 4.74. The molecule has 1 amide bonds. The molecule has 31 heavy (non-hydrogen) atoms. The Morgan fingerprint density at radius 3 is 2.35 bits per heavy atom. The first-order valence-corrected chi connectivity index (χ1v) is 10.6. The molecule has 11 heteroatoms. The Morgan fingerprint density at radius 1 is 1.10 bits per heavy atom. The molecule has 0 N–H and O–H groups in total. The van der Waals surface area contributed by atoms with Crippen molar-refractivity contribution in [2.75, 3.05) is 7.05 Å².